The summed E-state index contributed by atoms with van der Waals surface area (Å²) >= 11 is 3.47. The van der Waals surface area contributed by atoms with Crippen molar-refractivity contribution in [3.8, 4) is 6.07 Å². The van der Waals surface area contributed by atoms with Crippen LogP contribution in [-0.4, -0.2) is 18.9 Å². The second kappa shape index (κ2) is 6.93. The summed E-state index contributed by atoms with van der Waals surface area (Å²) in [5.41, 5.74) is 0.183. The van der Waals surface area contributed by atoms with Crippen molar-refractivity contribution in [1.29, 1.82) is 5.26 Å². The van der Waals surface area contributed by atoms with Crippen molar-refractivity contribution in [2.45, 2.75) is 19.3 Å². The minimum atomic E-state index is -1.50. The van der Waals surface area contributed by atoms with Crippen LogP contribution < -0.4 is 0 Å². The maximum Gasteiger partial charge on any atom is 0.327 e. The Hall–Kier alpha value is -2.19. The molecule has 0 bridgehead atoms. The first-order valence-corrected chi connectivity index (χ1v) is 7.97. The Morgan fingerprint density at radius 1 is 1.57 bits per heavy atom. The summed E-state index contributed by atoms with van der Waals surface area (Å²) in [4.78, 5) is 23.8. The van der Waals surface area contributed by atoms with Crippen LogP contribution in [0, 0.1) is 16.7 Å². The van der Waals surface area contributed by atoms with Crippen molar-refractivity contribution in [2.75, 3.05) is 6.61 Å². The molecule has 118 valence electrons. The van der Waals surface area contributed by atoms with Gasteiger partial charge in [0.25, 0.3) is 0 Å². The monoisotopic (exact) mass is 373 g/mol. The number of esters is 1. The van der Waals surface area contributed by atoms with Crippen LogP contribution >= 0.6 is 15.9 Å². The Morgan fingerprint density at radius 3 is 2.83 bits per heavy atom. The smallest absolute Gasteiger partial charge is 0.327 e. The van der Waals surface area contributed by atoms with E-state index < -0.39 is 17.3 Å². The van der Waals surface area contributed by atoms with Crippen LogP contribution in [0.4, 0.5) is 0 Å². The molecule has 0 radical (unpaired) electrons. The molecule has 1 aliphatic rings. The highest BCUT2D eigenvalue weighted by molar-refractivity contribution is 9.10. The first-order chi connectivity index (χ1) is 11.0. The molecule has 0 aromatic heterocycles. The fourth-order valence-electron chi connectivity index (χ4n) is 2.96. The molecule has 2 rings (SSSR count). The number of benzene rings is 1. The number of hydrogen-bond acceptors (Lipinski definition) is 4. The first kappa shape index (κ1) is 17.2. The number of nitrogens with zero attached hydrogens (tertiary/aromatic N) is 1. The van der Waals surface area contributed by atoms with Gasteiger partial charge in [-0.1, -0.05) is 46.8 Å². The summed E-state index contributed by atoms with van der Waals surface area (Å²) in [5, 5.41) is 9.84. The predicted octanol–water partition coefficient (Wildman–Crippen LogP) is 3.69. The highest BCUT2D eigenvalue weighted by atomic mass is 79.9. The van der Waals surface area contributed by atoms with Gasteiger partial charge in [-0.2, -0.15) is 5.26 Å². The summed E-state index contributed by atoms with van der Waals surface area (Å²) in [5.74, 6) is -1.21. The van der Waals surface area contributed by atoms with Gasteiger partial charge in [0.2, 0.25) is 0 Å². The van der Waals surface area contributed by atoms with E-state index >= 15 is 0 Å². The number of nitriles is 1. The summed E-state index contributed by atoms with van der Waals surface area (Å²) < 4.78 is 5.92. The fraction of sp³-hybridized carbons (Fsp3) is 0.278. The average Bonchev–Trinajstić information content (AvgIpc) is 2.55. The van der Waals surface area contributed by atoms with Gasteiger partial charge in [-0.25, -0.2) is 0 Å². The lowest BCUT2D eigenvalue weighted by Gasteiger charge is -2.37. The Kier molecular flexibility index (Phi) is 5.17. The predicted molar refractivity (Wildman–Crippen MR) is 89.5 cm³/mol. The van der Waals surface area contributed by atoms with E-state index in [1.54, 1.807) is 13.0 Å². The van der Waals surface area contributed by atoms with E-state index in [9.17, 15) is 14.9 Å². The third-order valence-corrected chi connectivity index (χ3v) is 4.65. The van der Waals surface area contributed by atoms with E-state index in [1.165, 1.54) is 0 Å². The van der Waals surface area contributed by atoms with Crippen molar-refractivity contribution in [1.82, 2.24) is 0 Å². The van der Waals surface area contributed by atoms with Gasteiger partial charge in [-0.3, -0.25) is 9.59 Å². The maximum absolute atomic E-state index is 12.6. The zero-order valence-electron chi connectivity index (χ0n) is 12.7. The molecular formula is C18H16BrNO3. The minimum absolute atomic E-state index is 0.0108. The van der Waals surface area contributed by atoms with Gasteiger partial charge < -0.3 is 4.74 Å². The molecule has 23 heavy (non-hydrogen) atoms. The van der Waals surface area contributed by atoms with Crippen LogP contribution in [0.25, 0.3) is 0 Å². The largest absolute Gasteiger partial charge is 0.465 e. The number of aldehydes is 1. The number of carbonyl (C=O) groups excluding carboxylic acids is 2. The van der Waals surface area contributed by atoms with Gasteiger partial charge in [-0.05, 0) is 29.7 Å². The minimum Gasteiger partial charge on any atom is -0.465 e. The standard InChI is InChI=1S/C18H16BrNO3/c1-3-23-17(22)18(11-20)9-13(10-21)8-12(2)16(18)14-6-4-5-7-15(14)19/h4-8,10,16H,2-3,9H2,1H3/t16-,18+/m1/s1. The quantitative estimate of drug-likeness (QED) is 0.596. The Morgan fingerprint density at radius 2 is 2.26 bits per heavy atom. The molecule has 1 aliphatic carbocycles. The summed E-state index contributed by atoms with van der Waals surface area (Å²) in [6.07, 6.45) is 2.32. The van der Waals surface area contributed by atoms with Crippen LogP contribution in [0.1, 0.15) is 24.8 Å². The lowest BCUT2D eigenvalue weighted by molar-refractivity contribution is -0.152. The highest BCUT2D eigenvalue weighted by Gasteiger charge is 2.52. The SMILES string of the molecule is C=C1C=C(C=O)C[C@@](C#N)(C(=O)OCC)[C@H]1c1ccccc1Br. The molecular weight excluding hydrogens is 358 g/mol. The maximum atomic E-state index is 12.6. The van der Waals surface area contributed by atoms with E-state index in [0.29, 0.717) is 17.4 Å². The van der Waals surface area contributed by atoms with Crippen LogP contribution in [0.3, 0.4) is 0 Å². The zero-order chi connectivity index (χ0) is 17.0. The molecule has 1 aromatic rings. The number of allylic oxidation sites excluding steroid dienone is 3. The van der Waals surface area contributed by atoms with E-state index in [4.69, 9.17) is 4.74 Å². The number of hydrogen-bond donors (Lipinski definition) is 0. The van der Waals surface area contributed by atoms with E-state index in [-0.39, 0.29) is 13.0 Å². The fourth-order valence-corrected chi connectivity index (χ4v) is 3.48. The van der Waals surface area contributed by atoms with E-state index in [2.05, 4.69) is 28.6 Å². The Bertz CT molecular complexity index is 732. The number of carbonyl (C=O) groups is 2. The number of ether oxygens (including phenoxy) is 1. The first-order valence-electron chi connectivity index (χ1n) is 7.17. The molecule has 0 fully saturated rings. The van der Waals surface area contributed by atoms with Crippen LogP contribution in [0.2, 0.25) is 0 Å². The lowest BCUT2D eigenvalue weighted by Crippen LogP contribution is -2.41. The van der Waals surface area contributed by atoms with Crippen LogP contribution in [0.5, 0.6) is 0 Å². The highest BCUT2D eigenvalue weighted by Crippen LogP contribution is 2.50. The molecule has 1 aromatic carbocycles. The van der Waals surface area contributed by atoms with Crippen molar-refractivity contribution < 1.29 is 14.3 Å². The van der Waals surface area contributed by atoms with Gasteiger partial charge in [0.15, 0.2) is 5.41 Å². The molecule has 0 N–H and O–H groups in total. The molecule has 5 heteroatoms. The zero-order valence-corrected chi connectivity index (χ0v) is 14.3. The van der Waals surface area contributed by atoms with Crippen LogP contribution in [0.15, 0.2) is 52.5 Å². The van der Waals surface area contributed by atoms with Crippen molar-refractivity contribution >= 4 is 28.2 Å². The topological polar surface area (TPSA) is 67.2 Å². The van der Waals surface area contributed by atoms with Gasteiger partial charge in [0.05, 0.1) is 12.7 Å². The molecule has 0 spiro atoms. The number of halogens is 1. The summed E-state index contributed by atoms with van der Waals surface area (Å²) in [6, 6.07) is 9.48. The number of rotatable bonds is 4. The second-order valence-electron chi connectivity index (χ2n) is 5.35. The van der Waals surface area contributed by atoms with Gasteiger partial charge in [0.1, 0.15) is 6.29 Å². The molecule has 0 unspecified atom stereocenters. The van der Waals surface area contributed by atoms with Crippen molar-refractivity contribution in [2.24, 2.45) is 5.41 Å². The molecule has 4 nitrogen and oxygen atoms in total. The van der Waals surface area contributed by atoms with Gasteiger partial charge >= 0.3 is 5.97 Å². The third-order valence-electron chi connectivity index (χ3n) is 3.92. The third kappa shape index (κ3) is 2.99. The summed E-state index contributed by atoms with van der Waals surface area (Å²) in [6.45, 7) is 5.83. The van der Waals surface area contributed by atoms with E-state index in [0.717, 1.165) is 10.0 Å². The van der Waals surface area contributed by atoms with Crippen molar-refractivity contribution in [3.63, 3.8) is 0 Å². The van der Waals surface area contributed by atoms with E-state index in [1.807, 2.05) is 24.3 Å². The summed E-state index contributed by atoms with van der Waals surface area (Å²) in [7, 11) is 0. The lowest BCUT2D eigenvalue weighted by atomic mass is 9.63. The van der Waals surface area contributed by atoms with Gasteiger partial charge in [-0.15, -0.1) is 0 Å². The molecule has 0 saturated carbocycles. The molecule has 0 aliphatic heterocycles. The second-order valence-corrected chi connectivity index (χ2v) is 6.20. The normalized spacial score (nSPS) is 23.6. The molecule has 0 amide bonds. The van der Waals surface area contributed by atoms with Gasteiger partial charge in [0, 0.05) is 16.8 Å². The Labute approximate surface area is 143 Å². The van der Waals surface area contributed by atoms with Crippen LogP contribution in [-0.2, 0) is 14.3 Å². The molecule has 0 heterocycles. The average molecular weight is 374 g/mol. The molecule has 2 atom stereocenters. The molecule has 0 saturated heterocycles. The Balaban J connectivity index is 2.68. The van der Waals surface area contributed by atoms with Crippen molar-refractivity contribution in [3.05, 3.63) is 58.1 Å².